The van der Waals surface area contributed by atoms with Gasteiger partial charge >= 0.3 is 0 Å². The highest BCUT2D eigenvalue weighted by Crippen LogP contribution is 2.08. The molecule has 94 valence electrons. The summed E-state index contributed by atoms with van der Waals surface area (Å²) in [6, 6.07) is 3.92. The lowest BCUT2D eigenvalue weighted by Gasteiger charge is -2.06. The lowest BCUT2D eigenvalue weighted by molar-refractivity contribution is 0.885. The number of pyridine rings is 1. The third-order valence-corrected chi connectivity index (χ3v) is 2.62. The summed E-state index contributed by atoms with van der Waals surface area (Å²) < 4.78 is 0. The molecule has 2 aromatic heterocycles. The van der Waals surface area contributed by atoms with Gasteiger partial charge in [-0.15, -0.1) is 5.10 Å². The van der Waals surface area contributed by atoms with Crippen LogP contribution in [0.25, 0.3) is 0 Å². The molecular weight excluding hydrogens is 228 g/mol. The maximum atomic E-state index is 4.31. The Bertz CT molecular complexity index is 540. The minimum absolute atomic E-state index is 0.543. The summed E-state index contributed by atoms with van der Waals surface area (Å²) in [6.07, 6.45) is 1.77. The van der Waals surface area contributed by atoms with Crippen molar-refractivity contribution < 1.29 is 0 Å². The average Bonchev–Trinajstić information content (AvgIpc) is 2.40. The maximum Gasteiger partial charge on any atom is 0.243 e. The Kier molecular flexibility index (Phi) is 3.66. The Morgan fingerprint density at radius 3 is 2.72 bits per heavy atom. The predicted octanol–water partition coefficient (Wildman–Crippen LogP) is 1.54. The van der Waals surface area contributed by atoms with Gasteiger partial charge in [-0.05, 0) is 31.5 Å². The highest BCUT2D eigenvalue weighted by Gasteiger charge is 2.01. The van der Waals surface area contributed by atoms with Crippen molar-refractivity contribution >= 4 is 11.8 Å². The van der Waals surface area contributed by atoms with Crippen LogP contribution in [-0.4, -0.2) is 27.2 Å². The van der Waals surface area contributed by atoms with Crippen LogP contribution in [0.15, 0.2) is 18.3 Å². The van der Waals surface area contributed by atoms with E-state index in [1.807, 2.05) is 33.0 Å². The molecule has 0 radical (unpaired) electrons. The van der Waals surface area contributed by atoms with Crippen molar-refractivity contribution in [2.24, 2.45) is 0 Å². The normalized spacial score (nSPS) is 10.2. The molecule has 0 aromatic carbocycles. The molecule has 2 aromatic rings. The van der Waals surface area contributed by atoms with Gasteiger partial charge in [-0.3, -0.25) is 0 Å². The van der Waals surface area contributed by atoms with Crippen molar-refractivity contribution in [3.8, 4) is 0 Å². The van der Waals surface area contributed by atoms with Crippen LogP contribution in [-0.2, 0) is 6.54 Å². The summed E-state index contributed by atoms with van der Waals surface area (Å²) in [4.78, 5) is 8.47. The second-order valence-electron chi connectivity index (χ2n) is 3.96. The topological polar surface area (TPSA) is 75.6 Å². The molecule has 0 saturated heterocycles. The van der Waals surface area contributed by atoms with Crippen molar-refractivity contribution in [1.29, 1.82) is 0 Å². The SMILES string of the molecule is CNc1cc(CNc2nnc(C)c(C)n2)ccn1. The van der Waals surface area contributed by atoms with Crippen LogP contribution in [0.5, 0.6) is 0 Å². The number of hydrogen-bond acceptors (Lipinski definition) is 6. The number of hydrogen-bond donors (Lipinski definition) is 2. The highest BCUT2D eigenvalue weighted by molar-refractivity contribution is 5.38. The fourth-order valence-electron chi connectivity index (χ4n) is 1.43. The molecule has 0 amide bonds. The van der Waals surface area contributed by atoms with Crippen LogP contribution in [0.3, 0.4) is 0 Å². The second kappa shape index (κ2) is 5.39. The van der Waals surface area contributed by atoms with Crippen LogP contribution in [0.1, 0.15) is 17.0 Å². The Morgan fingerprint density at radius 1 is 1.17 bits per heavy atom. The number of aromatic nitrogens is 4. The first-order valence-electron chi connectivity index (χ1n) is 5.73. The van der Waals surface area contributed by atoms with Gasteiger partial charge in [0.2, 0.25) is 5.95 Å². The maximum absolute atomic E-state index is 4.31. The predicted molar refractivity (Wildman–Crippen MR) is 70.4 cm³/mol. The summed E-state index contributed by atoms with van der Waals surface area (Å²) in [5.74, 6) is 1.38. The smallest absolute Gasteiger partial charge is 0.243 e. The number of nitrogens with one attached hydrogen (secondary N) is 2. The van der Waals surface area contributed by atoms with E-state index in [0.717, 1.165) is 22.8 Å². The minimum atomic E-state index is 0.543. The Hall–Kier alpha value is -2.24. The van der Waals surface area contributed by atoms with Crippen molar-refractivity contribution in [2.75, 3.05) is 17.7 Å². The van der Waals surface area contributed by atoms with Gasteiger partial charge in [0.05, 0.1) is 11.4 Å². The number of anilines is 2. The molecule has 6 heteroatoms. The van der Waals surface area contributed by atoms with E-state index in [9.17, 15) is 0 Å². The zero-order valence-corrected chi connectivity index (χ0v) is 10.7. The van der Waals surface area contributed by atoms with Crippen LogP contribution in [0.2, 0.25) is 0 Å². The number of rotatable bonds is 4. The largest absolute Gasteiger partial charge is 0.373 e. The third-order valence-electron chi connectivity index (χ3n) is 2.62. The van der Waals surface area contributed by atoms with E-state index in [2.05, 4.69) is 30.8 Å². The molecule has 2 N–H and O–H groups in total. The van der Waals surface area contributed by atoms with Crippen molar-refractivity contribution in [3.05, 3.63) is 35.3 Å². The molecule has 0 bridgehead atoms. The molecule has 6 nitrogen and oxygen atoms in total. The fraction of sp³-hybridized carbons (Fsp3) is 0.333. The summed E-state index contributed by atoms with van der Waals surface area (Å²) in [7, 11) is 1.84. The summed E-state index contributed by atoms with van der Waals surface area (Å²) >= 11 is 0. The van der Waals surface area contributed by atoms with Crippen LogP contribution in [0, 0.1) is 13.8 Å². The van der Waals surface area contributed by atoms with E-state index in [1.165, 1.54) is 0 Å². The van der Waals surface area contributed by atoms with Gasteiger partial charge in [0, 0.05) is 19.8 Å². The summed E-state index contributed by atoms with van der Waals surface area (Å²) in [5, 5.41) is 14.2. The first-order chi connectivity index (χ1) is 8.69. The molecule has 0 aliphatic heterocycles. The lowest BCUT2D eigenvalue weighted by atomic mass is 10.2. The molecule has 0 spiro atoms. The molecule has 0 saturated carbocycles. The zero-order valence-electron chi connectivity index (χ0n) is 10.7. The molecule has 0 aliphatic rings. The van der Waals surface area contributed by atoms with E-state index in [1.54, 1.807) is 6.20 Å². The Morgan fingerprint density at radius 2 is 2.00 bits per heavy atom. The standard InChI is InChI=1S/C12H16N6/c1-8-9(2)17-18-12(16-8)15-7-10-4-5-14-11(6-10)13-3/h4-6H,7H2,1-3H3,(H,13,14)(H,15,16,18). The van der Waals surface area contributed by atoms with Crippen LogP contribution in [0.4, 0.5) is 11.8 Å². The monoisotopic (exact) mass is 244 g/mol. The molecule has 2 heterocycles. The van der Waals surface area contributed by atoms with E-state index in [0.29, 0.717) is 12.5 Å². The highest BCUT2D eigenvalue weighted by atomic mass is 15.2. The molecule has 0 fully saturated rings. The zero-order chi connectivity index (χ0) is 13.0. The molecule has 0 aliphatic carbocycles. The van der Waals surface area contributed by atoms with Gasteiger partial charge in [0.15, 0.2) is 0 Å². The van der Waals surface area contributed by atoms with Gasteiger partial charge < -0.3 is 10.6 Å². The molecule has 18 heavy (non-hydrogen) atoms. The van der Waals surface area contributed by atoms with Crippen LogP contribution < -0.4 is 10.6 Å². The van der Waals surface area contributed by atoms with Crippen LogP contribution >= 0.6 is 0 Å². The quantitative estimate of drug-likeness (QED) is 0.849. The second-order valence-corrected chi connectivity index (χ2v) is 3.96. The molecular formula is C12H16N6. The van der Waals surface area contributed by atoms with Gasteiger partial charge in [-0.2, -0.15) is 5.10 Å². The van der Waals surface area contributed by atoms with Crippen molar-refractivity contribution in [3.63, 3.8) is 0 Å². The summed E-state index contributed by atoms with van der Waals surface area (Å²) in [6.45, 7) is 4.45. The minimum Gasteiger partial charge on any atom is -0.373 e. The Labute approximate surface area is 106 Å². The van der Waals surface area contributed by atoms with Gasteiger partial charge in [-0.1, -0.05) is 0 Å². The van der Waals surface area contributed by atoms with Gasteiger partial charge in [-0.25, -0.2) is 9.97 Å². The van der Waals surface area contributed by atoms with Crippen molar-refractivity contribution in [1.82, 2.24) is 20.2 Å². The van der Waals surface area contributed by atoms with Gasteiger partial charge in [0.1, 0.15) is 5.82 Å². The third kappa shape index (κ3) is 2.91. The van der Waals surface area contributed by atoms with Crippen molar-refractivity contribution in [2.45, 2.75) is 20.4 Å². The number of aryl methyl sites for hydroxylation is 2. The lowest BCUT2D eigenvalue weighted by Crippen LogP contribution is -2.07. The first kappa shape index (κ1) is 12.2. The van der Waals surface area contributed by atoms with E-state index >= 15 is 0 Å². The van der Waals surface area contributed by atoms with E-state index in [-0.39, 0.29) is 0 Å². The first-order valence-corrected chi connectivity index (χ1v) is 5.73. The summed E-state index contributed by atoms with van der Waals surface area (Å²) in [5.41, 5.74) is 2.84. The fourth-order valence-corrected chi connectivity index (χ4v) is 1.43. The Balaban J connectivity index is 2.04. The van der Waals surface area contributed by atoms with Gasteiger partial charge in [0.25, 0.3) is 0 Å². The average molecular weight is 244 g/mol. The van der Waals surface area contributed by atoms with E-state index in [4.69, 9.17) is 0 Å². The number of nitrogens with zero attached hydrogens (tertiary/aromatic N) is 4. The molecule has 0 atom stereocenters. The molecule has 0 unspecified atom stereocenters. The molecule has 2 rings (SSSR count). The van der Waals surface area contributed by atoms with E-state index < -0.39 is 0 Å².